The lowest BCUT2D eigenvalue weighted by Gasteiger charge is -2.17. The maximum atomic E-state index is 12.5. The fourth-order valence-electron chi connectivity index (χ4n) is 2.48. The summed E-state index contributed by atoms with van der Waals surface area (Å²) in [5.41, 5.74) is 0.742. The minimum absolute atomic E-state index is 0.00982. The lowest BCUT2D eigenvalue weighted by molar-refractivity contribution is -0.116. The third-order valence-electron chi connectivity index (χ3n) is 3.59. The SMILES string of the molecule is COc1cccc(NC(=O)C[C@@H](c2cccs2)n2cccc2)c1. The number of carbonyl (C=O) groups excluding carboxylic acids is 1. The van der Waals surface area contributed by atoms with Gasteiger partial charge < -0.3 is 14.6 Å². The van der Waals surface area contributed by atoms with E-state index in [4.69, 9.17) is 4.74 Å². The molecular formula is C18H18N2O2S. The maximum Gasteiger partial charge on any atom is 0.226 e. The van der Waals surface area contributed by atoms with E-state index in [0.29, 0.717) is 6.42 Å². The van der Waals surface area contributed by atoms with Gasteiger partial charge in [0, 0.05) is 29.0 Å². The minimum atomic E-state index is -0.0228. The van der Waals surface area contributed by atoms with Crippen molar-refractivity contribution in [1.29, 1.82) is 0 Å². The second-order valence-corrected chi connectivity index (χ2v) is 6.13. The van der Waals surface area contributed by atoms with Gasteiger partial charge in [-0.1, -0.05) is 12.1 Å². The number of methoxy groups -OCH3 is 1. The Morgan fingerprint density at radius 1 is 1.22 bits per heavy atom. The highest BCUT2D eigenvalue weighted by Crippen LogP contribution is 2.27. The van der Waals surface area contributed by atoms with Crippen LogP contribution < -0.4 is 10.1 Å². The molecule has 0 bridgehead atoms. The number of nitrogens with one attached hydrogen (secondary N) is 1. The molecule has 0 saturated carbocycles. The third-order valence-corrected chi connectivity index (χ3v) is 4.56. The molecule has 0 spiro atoms. The van der Waals surface area contributed by atoms with Crippen molar-refractivity contribution in [2.45, 2.75) is 12.5 Å². The summed E-state index contributed by atoms with van der Waals surface area (Å²) in [4.78, 5) is 13.6. The molecule has 0 radical (unpaired) electrons. The second-order valence-electron chi connectivity index (χ2n) is 5.15. The Morgan fingerprint density at radius 3 is 2.74 bits per heavy atom. The average Bonchev–Trinajstić information content (AvgIpc) is 3.26. The summed E-state index contributed by atoms with van der Waals surface area (Å²) in [5, 5.41) is 4.98. The van der Waals surface area contributed by atoms with Crippen LogP contribution in [0.4, 0.5) is 5.69 Å². The Hall–Kier alpha value is -2.53. The van der Waals surface area contributed by atoms with Crippen molar-refractivity contribution < 1.29 is 9.53 Å². The van der Waals surface area contributed by atoms with E-state index in [2.05, 4.69) is 16.0 Å². The van der Waals surface area contributed by atoms with E-state index in [9.17, 15) is 4.79 Å². The van der Waals surface area contributed by atoms with E-state index >= 15 is 0 Å². The van der Waals surface area contributed by atoms with Crippen LogP contribution in [0.1, 0.15) is 17.3 Å². The number of carbonyl (C=O) groups is 1. The van der Waals surface area contributed by atoms with Gasteiger partial charge in [0.15, 0.2) is 0 Å². The molecule has 1 amide bonds. The fourth-order valence-corrected chi connectivity index (χ4v) is 3.31. The van der Waals surface area contributed by atoms with E-state index in [1.807, 2.05) is 60.2 Å². The Morgan fingerprint density at radius 2 is 2.04 bits per heavy atom. The molecule has 0 aliphatic heterocycles. The number of rotatable bonds is 6. The Kier molecular flexibility index (Phi) is 4.78. The van der Waals surface area contributed by atoms with Crippen molar-refractivity contribution >= 4 is 22.9 Å². The highest BCUT2D eigenvalue weighted by atomic mass is 32.1. The normalized spacial score (nSPS) is 11.9. The van der Waals surface area contributed by atoms with Gasteiger partial charge in [-0.2, -0.15) is 0 Å². The number of hydrogen-bond donors (Lipinski definition) is 1. The van der Waals surface area contributed by atoms with E-state index in [0.717, 1.165) is 11.4 Å². The van der Waals surface area contributed by atoms with Crippen LogP contribution in [0.15, 0.2) is 66.3 Å². The van der Waals surface area contributed by atoms with Gasteiger partial charge in [-0.25, -0.2) is 0 Å². The summed E-state index contributed by atoms with van der Waals surface area (Å²) in [6.07, 6.45) is 4.36. The van der Waals surface area contributed by atoms with Gasteiger partial charge >= 0.3 is 0 Å². The van der Waals surface area contributed by atoms with Crippen LogP contribution in [0.3, 0.4) is 0 Å². The van der Waals surface area contributed by atoms with E-state index in [-0.39, 0.29) is 11.9 Å². The van der Waals surface area contributed by atoms with E-state index in [1.165, 1.54) is 4.88 Å². The molecule has 23 heavy (non-hydrogen) atoms. The van der Waals surface area contributed by atoms with Crippen LogP contribution in [-0.4, -0.2) is 17.6 Å². The first-order valence-corrected chi connectivity index (χ1v) is 8.24. The van der Waals surface area contributed by atoms with Crippen LogP contribution in [-0.2, 0) is 4.79 Å². The highest BCUT2D eigenvalue weighted by Gasteiger charge is 2.18. The molecule has 4 nitrogen and oxygen atoms in total. The Bertz CT molecular complexity index is 717. The number of benzene rings is 1. The molecule has 0 aliphatic rings. The lowest BCUT2D eigenvalue weighted by atomic mass is 10.1. The largest absolute Gasteiger partial charge is 0.497 e. The lowest BCUT2D eigenvalue weighted by Crippen LogP contribution is -2.19. The van der Waals surface area contributed by atoms with E-state index < -0.39 is 0 Å². The molecule has 0 aliphatic carbocycles. The quantitative estimate of drug-likeness (QED) is 0.738. The predicted molar refractivity (Wildman–Crippen MR) is 93.1 cm³/mol. The van der Waals surface area contributed by atoms with Crippen LogP contribution in [0, 0.1) is 0 Å². The van der Waals surface area contributed by atoms with Gasteiger partial charge in [0.05, 0.1) is 19.6 Å². The summed E-state index contributed by atoms with van der Waals surface area (Å²) >= 11 is 1.66. The van der Waals surface area contributed by atoms with Crippen molar-refractivity contribution in [3.63, 3.8) is 0 Å². The number of aromatic nitrogens is 1. The monoisotopic (exact) mass is 326 g/mol. The molecular weight excluding hydrogens is 308 g/mol. The molecule has 1 N–H and O–H groups in total. The molecule has 5 heteroatoms. The first-order valence-electron chi connectivity index (χ1n) is 7.36. The molecule has 2 aromatic heterocycles. The molecule has 0 fully saturated rings. The summed E-state index contributed by atoms with van der Waals surface area (Å²) in [5.74, 6) is 0.702. The zero-order valence-electron chi connectivity index (χ0n) is 12.8. The molecule has 118 valence electrons. The number of ether oxygens (including phenoxy) is 1. The Labute approximate surface area is 139 Å². The zero-order chi connectivity index (χ0) is 16.1. The standard InChI is InChI=1S/C18H18N2O2S/c1-22-15-7-4-6-14(12-15)19-18(21)13-16(17-8-5-11-23-17)20-9-2-3-10-20/h2-12,16H,13H2,1H3,(H,19,21)/t16-/m0/s1. The highest BCUT2D eigenvalue weighted by molar-refractivity contribution is 7.10. The number of nitrogens with zero attached hydrogens (tertiary/aromatic N) is 1. The second kappa shape index (κ2) is 7.15. The molecule has 0 unspecified atom stereocenters. The number of amides is 1. The van der Waals surface area contributed by atoms with Crippen LogP contribution in [0.2, 0.25) is 0 Å². The zero-order valence-corrected chi connectivity index (χ0v) is 13.6. The smallest absolute Gasteiger partial charge is 0.226 e. The van der Waals surface area contributed by atoms with Gasteiger partial charge in [-0.05, 0) is 35.7 Å². The molecule has 1 atom stereocenters. The molecule has 0 saturated heterocycles. The molecule has 2 heterocycles. The summed E-state index contributed by atoms with van der Waals surface area (Å²) < 4.78 is 7.25. The number of hydrogen-bond acceptors (Lipinski definition) is 3. The minimum Gasteiger partial charge on any atom is -0.497 e. The van der Waals surface area contributed by atoms with E-state index in [1.54, 1.807) is 18.4 Å². The number of thiophene rings is 1. The van der Waals surface area contributed by atoms with Crippen molar-refractivity contribution in [3.8, 4) is 5.75 Å². The van der Waals surface area contributed by atoms with Crippen molar-refractivity contribution in [3.05, 3.63) is 71.2 Å². The number of anilines is 1. The van der Waals surface area contributed by atoms with Gasteiger partial charge in [-0.15, -0.1) is 11.3 Å². The van der Waals surface area contributed by atoms with Crippen LogP contribution in [0.25, 0.3) is 0 Å². The topological polar surface area (TPSA) is 43.3 Å². The first-order chi connectivity index (χ1) is 11.3. The van der Waals surface area contributed by atoms with Gasteiger partial charge in [0.2, 0.25) is 5.91 Å². The molecule has 1 aromatic carbocycles. The summed E-state index contributed by atoms with van der Waals surface area (Å²) in [6.45, 7) is 0. The van der Waals surface area contributed by atoms with Gasteiger partial charge in [0.1, 0.15) is 5.75 Å². The van der Waals surface area contributed by atoms with Gasteiger partial charge in [0.25, 0.3) is 0 Å². The molecule has 3 aromatic rings. The van der Waals surface area contributed by atoms with Crippen LogP contribution >= 0.6 is 11.3 Å². The predicted octanol–water partition coefficient (Wildman–Crippen LogP) is 4.18. The first kappa shape index (κ1) is 15.4. The van der Waals surface area contributed by atoms with Gasteiger partial charge in [-0.3, -0.25) is 4.79 Å². The van der Waals surface area contributed by atoms with Crippen LogP contribution in [0.5, 0.6) is 5.75 Å². The fraction of sp³-hybridized carbons (Fsp3) is 0.167. The Balaban J connectivity index is 1.73. The van der Waals surface area contributed by atoms with Crippen molar-refractivity contribution in [2.75, 3.05) is 12.4 Å². The summed E-state index contributed by atoms with van der Waals surface area (Å²) in [6, 6.07) is 15.4. The van der Waals surface area contributed by atoms with Crippen molar-refractivity contribution in [2.24, 2.45) is 0 Å². The summed E-state index contributed by atoms with van der Waals surface area (Å²) in [7, 11) is 1.61. The van der Waals surface area contributed by atoms with Crippen molar-refractivity contribution in [1.82, 2.24) is 4.57 Å². The average molecular weight is 326 g/mol. The molecule has 3 rings (SSSR count). The maximum absolute atomic E-state index is 12.5. The third kappa shape index (κ3) is 3.81.